The number of unbranched alkanes of at least 4 members (excludes halogenated alkanes) is 20. The summed E-state index contributed by atoms with van der Waals surface area (Å²) in [4.78, 5) is 38.0. The van der Waals surface area contributed by atoms with E-state index >= 15 is 0 Å². The van der Waals surface area contributed by atoms with Gasteiger partial charge in [0, 0.05) is 19.3 Å². The van der Waals surface area contributed by atoms with Gasteiger partial charge in [0.05, 0.1) is 0 Å². The van der Waals surface area contributed by atoms with Crippen molar-refractivity contribution < 1.29 is 28.6 Å². The van der Waals surface area contributed by atoms with E-state index in [9.17, 15) is 14.4 Å². The van der Waals surface area contributed by atoms with Crippen LogP contribution in [0.3, 0.4) is 0 Å². The third-order valence-electron chi connectivity index (χ3n) is 11.1. The third-order valence-corrected chi connectivity index (χ3v) is 11.1. The topological polar surface area (TPSA) is 78.9 Å². The molecule has 0 saturated heterocycles. The van der Waals surface area contributed by atoms with E-state index in [2.05, 4.69) is 118 Å². The monoisotopic (exact) mass is 903 g/mol. The first-order chi connectivity index (χ1) is 32.0. The molecule has 0 bridgehead atoms. The lowest BCUT2D eigenvalue weighted by Crippen LogP contribution is -2.30. The van der Waals surface area contributed by atoms with E-state index in [4.69, 9.17) is 14.2 Å². The van der Waals surface area contributed by atoms with Crippen LogP contribution in [0.2, 0.25) is 0 Å². The normalized spacial score (nSPS) is 12.8. The molecule has 0 saturated carbocycles. The molecule has 0 aromatic carbocycles. The highest BCUT2D eigenvalue weighted by molar-refractivity contribution is 5.71. The van der Waals surface area contributed by atoms with Crippen molar-refractivity contribution in [1.29, 1.82) is 0 Å². The zero-order chi connectivity index (χ0) is 47.2. The maximum absolute atomic E-state index is 12.8. The van der Waals surface area contributed by atoms with Crippen LogP contribution in [0.15, 0.2) is 97.2 Å². The molecular formula is C59H98O6. The molecule has 6 nitrogen and oxygen atoms in total. The second-order valence-corrected chi connectivity index (χ2v) is 17.4. The molecule has 0 rings (SSSR count). The lowest BCUT2D eigenvalue weighted by Gasteiger charge is -2.18. The van der Waals surface area contributed by atoms with Crippen molar-refractivity contribution in [2.75, 3.05) is 13.2 Å². The molecule has 6 heteroatoms. The van der Waals surface area contributed by atoms with Gasteiger partial charge in [0.25, 0.3) is 0 Å². The van der Waals surface area contributed by atoms with E-state index in [1.807, 2.05) is 0 Å². The molecule has 0 unspecified atom stereocenters. The van der Waals surface area contributed by atoms with Crippen molar-refractivity contribution in [1.82, 2.24) is 0 Å². The highest BCUT2D eigenvalue weighted by atomic mass is 16.6. The maximum atomic E-state index is 12.8. The van der Waals surface area contributed by atoms with Gasteiger partial charge in [0.2, 0.25) is 0 Å². The van der Waals surface area contributed by atoms with Crippen LogP contribution in [0.5, 0.6) is 0 Å². The van der Waals surface area contributed by atoms with E-state index in [0.717, 1.165) is 103 Å². The number of allylic oxidation sites excluding steroid dienone is 16. The second-order valence-electron chi connectivity index (χ2n) is 17.4. The van der Waals surface area contributed by atoms with Crippen molar-refractivity contribution in [2.45, 2.75) is 245 Å². The zero-order valence-corrected chi connectivity index (χ0v) is 42.2. The van der Waals surface area contributed by atoms with Gasteiger partial charge in [-0.2, -0.15) is 0 Å². The van der Waals surface area contributed by atoms with Gasteiger partial charge in [-0.1, -0.05) is 221 Å². The van der Waals surface area contributed by atoms with E-state index in [1.54, 1.807) is 0 Å². The predicted molar refractivity (Wildman–Crippen MR) is 279 cm³/mol. The fourth-order valence-electron chi connectivity index (χ4n) is 7.07. The zero-order valence-electron chi connectivity index (χ0n) is 42.2. The maximum Gasteiger partial charge on any atom is 0.306 e. The number of esters is 3. The summed E-state index contributed by atoms with van der Waals surface area (Å²) in [6, 6.07) is 0. The summed E-state index contributed by atoms with van der Waals surface area (Å²) in [5.74, 6) is -0.987. The van der Waals surface area contributed by atoms with Gasteiger partial charge in [-0.25, -0.2) is 0 Å². The second kappa shape index (κ2) is 52.9. The molecule has 65 heavy (non-hydrogen) atoms. The summed E-state index contributed by atoms with van der Waals surface area (Å²) in [6.45, 7) is 6.43. The quantitative estimate of drug-likeness (QED) is 0.0262. The molecule has 0 amide bonds. The molecule has 0 aliphatic heterocycles. The summed E-state index contributed by atoms with van der Waals surface area (Å²) in [7, 11) is 0. The smallest absolute Gasteiger partial charge is 0.306 e. The van der Waals surface area contributed by atoms with Crippen molar-refractivity contribution >= 4 is 17.9 Å². The van der Waals surface area contributed by atoms with Crippen LogP contribution >= 0.6 is 0 Å². The number of rotatable bonds is 47. The Bertz CT molecular complexity index is 1310. The summed E-state index contributed by atoms with van der Waals surface area (Å²) in [6.07, 6.45) is 69.6. The standard InChI is InChI=1S/C59H98O6/c1-4-7-10-13-16-19-22-25-27-29-31-34-37-40-43-46-49-52-58(61)64-55-56(54-63-57(60)51-48-45-42-39-36-33-24-21-18-15-12-9-6-3)65-59(62)53-50-47-44-41-38-35-32-30-28-26-23-20-17-14-11-8-5-2/h7,10,16-17,19-20,25-28,31-32,34-35,40,43,56H,4-6,8-9,11-15,18,21-24,29-30,33,36-39,41-42,44-55H2,1-3H3/b10-7+,19-16+,20-17+,27-25+,28-26+,34-31+,35-32+,43-40+/t56-/m1/s1. The molecule has 0 aliphatic rings. The molecule has 0 heterocycles. The molecule has 0 radical (unpaired) electrons. The first-order valence-corrected chi connectivity index (χ1v) is 26.7. The van der Waals surface area contributed by atoms with Crippen LogP contribution in [-0.4, -0.2) is 37.2 Å². The number of carbonyl (C=O) groups excluding carboxylic acids is 3. The van der Waals surface area contributed by atoms with Crippen LogP contribution in [-0.2, 0) is 28.6 Å². The highest BCUT2D eigenvalue weighted by Crippen LogP contribution is 2.14. The number of hydrogen-bond acceptors (Lipinski definition) is 6. The fraction of sp³-hybridized carbons (Fsp3) is 0.678. The first kappa shape index (κ1) is 61.3. The van der Waals surface area contributed by atoms with Gasteiger partial charge in [0.15, 0.2) is 6.10 Å². The minimum Gasteiger partial charge on any atom is -0.462 e. The van der Waals surface area contributed by atoms with Crippen molar-refractivity contribution in [3.05, 3.63) is 97.2 Å². The van der Waals surface area contributed by atoms with Crippen molar-refractivity contribution in [3.8, 4) is 0 Å². The van der Waals surface area contributed by atoms with Gasteiger partial charge in [-0.15, -0.1) is 0 Å². The van der Waals surface area contributed by atoms with Gasteiger partial charge >= 0.3 is 17.9 Å². The average Bonchev–Trinajstić information content (AvgIpc) is 3.30. The van der Waals surface area contributed by atoms with Crippen LogP contribution in [0.25, 0.3) is 0 Å². The average molecular weight is 903 g/mol. The Hall–Kier alpha value is -3.67. The summed E-state index contributed by atoms with van der Waals surface area (Å²) < 4.78 is 16.8. The largest absolute Gasteiger partial charge is 0.462 e. The Morgan fingerprint density at radius 3 is 1.03 bits per heavy atom. The van der Waals surface area contributed by atoms with Crippen LogP contribution < -0.4 is 0 Å². The molecule has 370 valence electrons. The Balaban J connectivity index is 4.52. The predicted octanol–water partition coefficient (Wildman–Crippen LogP) is 17.8. The Labute approximate surface area is 400 Å². The lowest BCUT2D eigenvalue weighted by molar-refractivity contribution is -0.167. The summed E-state index contributed by atoms with van der Waals surface area (Å²) in [5, 5.41) is 0. The van der Waals surface area contributed by atoms with Crippen molar-refractivity contribution in [2.24, 2.45) is 0 Å². The Kier molecular flexibility index (Phi) is 50.0. The molecule has 0 fully saturated rings. The Morgan fingerprint density at radius 2 is 0.615 bits per heavy atom. The minimum absolute atomic E-state index is 0.104. The van der Waals surface area contributed by atoms with Gasteiger partial charge in [-0.05, 0) is 96.3 Å². The lowest BCUT2D eigenvalue weighted by atomic mass is 10.0. The number of ether oxygens (including phenoxy) is 3. The van der Waals surface area contributed by atoms with Gasteiger partial charge < -0.3 is 14.2 Å². The van der Waals surface area contributed by atoms with Crippen LogP contribution in [0.1, 0.15) is 239 Å². The highest BCUT2D eigenvalue weighted by Gasteiger charge is 2.19. The van der Waals surface area contributed by atoms with E-state index in [-0.39, 0.29) is 44.0 Å². The fourth-order valence-corrected chi connectivity index (χ4v) is 7.07. The molecular weight excluding hydrogens is 805 g/mol. The number of carbonyl (C=O) groups is 3. The minimum atomic E-state index is -0.811. The van der Waals surface area contributed by atoms with Crippen molar-refractivity contribution in [3.63, 3.8) is 0 Å². The van der Waals surface area contributed by atoms with E-state index < -0.39 is 6.10 Å². The SMILES string of the molecule is CC/C=C/C/C=C/C/C=C/C/C=C/C/C=C/CCCC(=O)OC[C@@H](COC(=O)CCCCCCCCCCCCCCC)OC(=O)CCCCCC/C=C/C/C=C/C/C=C/CCCCC. The van der Waals surface area contributed by atoms with Gasteiger partial charge in [-0.3, -0.25) is 14.4 Å². The molecule has 0 N–H and O–H groups in total. The molecule has 0 spiro atoms. The molecule has 1 atom stereocenters. The molecule has 0 aromatic heterocycles. The third kappa shape index (κ3) is 51.2. The Morgan fingerprint density at radius 1 is 0.323 bits per heavy atom. The summed E-state index contributed by atoms with van der Waals surface area (Å²) in [5.41, 5.74) is 0. The van der Waals surface area contributed by atoms with E-state index in [0.29, 0.717) is 12.8 Å². The van der Waals surface area contributed by atoms with Crippen LogP contribution in [0, 0.1) is 0 Å². The number of hydrogen-bond donors (Lipinski definition) is 0. The van der Waals surface area contributed by atoms with E-state index in [1.165, 1.54) is 89.9 Å². The first-order valence-electron chi connectivity index (χ1n) is 26.7. The van der Waals surface area contributed by atoms with Crippen LogP contribution in [0.4, 0.5) is 0 Å². The molecule has 0 aromatic rings. The summed E-state index contributed by atoms with van der Waals surface area (Å²) >= 11 is 0. The molecule has 0 aliphatic carbocycles. The van der Waals surface area contributed by atoms with Gasteiger partial charge in [0.1, 0.15) is 13.2 Å².